The summed E-state index contributed by atoms with van der Waals surface area (Å²) in [4.78, 5) is 19.2. The molecule has 0 aliphatic heterocycles. The second kappa shape index (κ2) is 3.89. The first-order chi connectivity index (χ1) is 8.66. The molecule has 3 rings (SSSR count). The van der Waals surface area contributed by atoms with Crippen LogP contribution in [0.2, 0.25) is 5.02 Å². The third-order valence-electron chi connectivity index (χ3n) is 2.69. The molecule has 18 heavy (non-hydrogen) atoms. The Morgan fingerprint density at radius 3 is 2.94 bits per heavy atom. The topological polar surface area (TPSA) is 70.9 Å². The maximum atomic E-state index is 12.2. The molecule has 5 nitrogen and oxygen atoms in total. The van der Waals surface area contributed by atoms with E-state index in [0.717, 1.165) is 0 Å². The molecule has 90 valence electrons. The van der Waals surface area contributed by atoms with Crippen molar-refractivity contribution in [2.24, 2.45) is 0 Å². The number of aromatic amines is 1. The van der Waals surface area contributed by atoms with Crippen LogP contribution in [0.1, 0.15) is 0 Å². The van der Waals surface area contributed by atoms with Crippen molar-refractivity contribution in [3.05, 3.63) is 52.2 Å². The highest BCUT2D eigenvalue weighted by Gasteiger charge is 2.07. The van der Waals surface area contributed by atoms with Crippen LogP contribution in [0.25, 0.3) is 16.7 Å². The van der Waals surface area contributed by atoms with E-state index in [1.165, 1.54) is 23.0 Å². The first-order valence-electron chi connectivity index (χ1n) is 5.20. The third-order valence-corrected chi connectivity index (χ3v) is 2.99. The lowest BCUT2D eigenvalue weighted by molar-refractivity contribution is 0.475. The van der Waals surface area contributed by atoms with Crippen LogP contribution in [0.4, 0.5) is 0 Å². The minimum Gasteiger partial charge on any atom is -0.506 e. The van der Waals surface area contributed by atoms with Gasteiger partial charge in [0.2, 0.25) is 0 Å². The number of H-pyrrole nitrogens is 1. The number of halogens is 1. The standard InChI is InChI=1S/C12H8ClN3O2/c13-9-5-7(1-2-10(9)17)16-6-15-11-8(12(16)18)3-4-14-11/h1-6,14,17H. The molecule has 0 fully saturated rings. The Hall–Kier alpha value is -2.27. The molecule has 0 saturated heterocycles. The van der Waals surface area contributed by atoms with E-state index in [0.29, 0.717) is 16.7 Å². The van der Waals surface area contributed by atoms with Gasteiger partial charge in [-0.2, -0.15) is 0 Å². The van der Waals surface area contributed by atoms with Gasteiger partial charge in [0.25, 0.3) is 5.56 Å². The molecule has 1 aromatic carbocycles. The van der Waals surface area contributed by atoms with Crippen molar-refractivity contribution in [3.8, 4) is 11.4 Å². The Kier molecular flexibility index (Phi) is 2.34. The first kappa shape index (κ1) is 10.9. The van der Waals surface area contributed by atoms with Crippen molar-refractivity contribution in [1.82, 2.24) is 14.5 Å². The van der Waals surface area contributed by atoms with E-state index in [9.17, 15) is 9.90 Å². The lowest BCUT2D eigenvalue weighted by Gasteiger charge is -2.06. The fraction of sp³-hybridized carbons (Fsp3) is 0. The third kappa shape index (κ3) is 1.56. The molecular weight excluding hydrogens is 254 g/mol. The van der Waals surface area contributed by atoms with Crippen LogP contribution in [0, 0.1) is 0 Å². The van der Waals surface area contributed by atoms with Crippen molar-refractivity contribution >= 4 is 22.6 Å². The van der Waals surface area contributed by atoms with Crippen molar-refractivity contribution in [2.75, 3.05) is 0 Å². The highest BCUT2D eigenvalue weighted by molar-refractivity contribution is 6.32. The van der Waals surface area contributed by atoms with E-state index >= 15 is 0 Å². The summed E-state index contributed by atoms with van der Waals surface area (Å²) in [6.45, 7) is 0. The Balaban J connectivity index is 2.28. The van der Waals surface area contributed by atoms with Gasteiger partial charge in [0.05, 0.1) is 16.1 Å². The van der Waals surface area contributed by atoms with Crippen LogP contribution in [0.15, 0.2) is 41.6 Å². The van der Waals surface area contributed by atoms with E-state index in [2.05, 4.69) is 9.97 Å². The van der Waals surface area contributed by atoms with Crippen LogP contribution >= 0.6 is 11.6 Å². The first-order valence-corrected chi connectivity index (χ1v) is 5.58. The Morgan fingerprint density at radius 2 is 2.17 bits per heavy atom. The smallest absolute Gasteiger partial charge is 0.267 e. The largest absolute Gasteiger partial charge is 0.506 e. The Bertz CT molecular complexity index is 791. The van der Waals surface area contributed by atoms with Crippen molar-refractivity contribution in [3.63, 3.8) is 0 Å². The van der Waals surface area contributed by atoms with Crippen LogP contribution < -0.4 is 5.56 Å². The van der Waals surface area contributed by atoms with E-state index < -0.39 is 0 Å². The summed E-state index contributed by atoms with van der Waals surface area (Å²) in [5, 5.41) is 10.0. The average molecular weight is 262 g/mol. The molecule has 2 N–H and O–H groups in total. The van der Waals surface area contributed by atoms with Gasteiger partial charge in [-0.1, -0.05) is 11.6 Å². The highest BCUT2D eigenvalue weighted by atomic mass is 35.5. The zero-order valence-electron chi connectivity index (χ0n) is 9.09. The van der Waals surface area contributed by atoms with Crippen LogP contribution in [0.5, 0.6) is 5.75 Å². The van der Waals surface area contributed by atoms with Gasteiger partial charge in [-0.15, -0.1) is 0 Å². The molecule has 6 heteroatoms. The lowest BCUT2D eigenvalue weighted by Crippen LogP contribution is -2.18. The van der Waals surface area contributed by atoms with E-state index in [1.807, 2.05) is 0 Å². The number of rotatable bonds is 1. The summed E-state index contributed by atoms with van der Waals surface area (Å²) in [5.74, 6) is -0.0239. The molecule has 0 unspecified atom stereocenters. The fourth-order valence-corrected chi connectivity index (χ4v) is 1.94. The van der Waals surface area contributed by atoms with Gasteiger partial charge in [0.1, 0.15) is 17.7 Å². The maximum Gasteiger partial charge on any atom is 0.267 e. The summed E-state index contributed by atoms with van der Waals surface area (Å²) in [6.07, 6.45) is 3.08. The zero-order valence-corrected chi connectivity index (χ0v) is 9.85. The number of fused-ring (bicyclic) bond motifs is 1. The second-order valence-electron chi connectivity index (χ2n) is 3.80. The summed E-state index contributed by atoms with van der Waals surface area (Å²) < 4.78 is 1.38. The minimum atomic E-state index is -0.192. The summed E-state index contributed by atoms with van der Waals surface area (Å²) >= 11 is 5.82. The number of hydrogen-bond donors (Lipinski definition) is 2. The van der Waals surface area contributed by atoms with Gasteiger partial charge in [0, 0.05) is 6.20 Å². The Labute approximate surface area is 106 Å². The molecular formula is C12H8ClN3O2. The Morgan fingerprint density at radius 1 is 1.33 bits per heavy atom. The molecule has 2 aromatic heterocycles. The predicted octanol–water partition coefficient (Wildman–Crippen LogP) is 2.07. The fourth-order valence-electron chi connectivity index (χ4n) is 1.77. The molecule has 0 amide bonds. The van der Waals surface area contributed by atoms with Gasteiger partial charge < -0.3 is 10.1 Å². The van der Waals surface area contributed by atoms with Gasteiger partial charge in [-0.05, 0) is 24.3 Å². The molecule has 0 bridgehead atoms. The van der Waals surface area contributed by atoms with Crippen LogP contribution in [0.3, 0.4) is 0 Å². The monoisotopic (exact) mass is 261 g/mol. The quantitative estimate of drug-likeness (QED) is 0.704. The molecule has 0 aliphatic rings. The number of aromatic nitrogens is 3. The van der Waals surface area contributed by atoms with Gasteiger partial charge in [-0.3, -0.25) is 9.36 Å². The molecule has 0 atom stereocenters. The molecule has 0 radical (unpaired) electrons. The number of aromatic hydroxyl groups is 1. The van der Waals surface area contributed by atoms with Gasteiger partial charge >= 0.3 is 0 Å². The van der Waals surface area contributed by atoms with Crippen molar-refractivity contribution < 1.29 is 5.11 Å². The van der Waals surface area contributed by atoms with E-state index in [1.54, 1.807) is 18.3 Å². The van der Waals surface area contributed by atoms with Crippen LogP contribution in [-0.4, -0.2) is 19.6 Å². The number of phenolic OH excluding ortho intramolecular Hbond substituents is 1. The van der Waals surface area contributed by atoms with Crippen LogP contribution in [-0.2, 0) is 0 Å². The van der Waals surface area contributed by atoms with E-state index in [4.69, 9.17) is 11.6 Å². The minimum absolute atomic E-state index is 0.0239. The molecule has 3 aromatic rings. The predicted molar refractivity (Wildman–Crippen MR) is 68.4 cm³/mol. The molecule has 0 aliphatic carbocycles. The lowest BCUT2D eigenvalue weighted by atomic mass is 10.3. The summed E-state index contributed by atoms with van der Waals surface area (Å²) in [5.41, 5.74) is 0.905. The number of nitrogens with zero attached hydrogens (tertiary/aromatic N) is 2. The summed E-state index contributed by atoms with van der Waals surface area (Å²) in [7, 11) is 0. The van der Waals surface area contributed by atoms with E-state index in [-0.39, 0.29) is 16.3 Å². The number of hydrogen-bond acceptors (Lipinski definition) is 3. The SMILES string of the molecule is O=c1c2cc[nH]c2ncn1-c1ccc(O)c(Cl)c1. The second-order valence-corrected chi connectivity index (χ2v) is 4.20. The zero-order chi connectivity index (χ0) is 12.7. The average Bonchev–Trinajstić information content (AvgIpc) is 2.83. The normalized spacial score (nSPS) is 10.9. The number of benzene rings is 1. The molecule has 0 saturated carbocycles. The van der Waals surface area contributed by atoms with Gasteiger partial charge in [-0.25, -0.2) is 4.98 Å². The summed E-state index contributed by atoms with van der Waals surface area (Å²) in [6, 6.07) is 6.22. The number of nitrogens with one attached hydrogen (secondary N) is 1. The molecule has 0 spiro atoms. The maximum absolute atomic E-state index is 12.2. The highest BCUT2D eigenvalue weighted by Crippen LogP contribution is 2.24. The van der Waals surface area contributed by atoms with Crippen molar-refractivity contribution in [1.29, 1.82) is 0 Å². The van der Waals surface area contributed by atoms with Gasteiger partial charge in [0.15, 0.2) is 0 Å². The van der Waals surface area contributed by atoms with Crippen molar-refractivity contribution in [2.45, 2.75) is 0 Å². The molecule has 2 heterocycles. The number of phenols is 1.